The molecule has 0 aliphatic heterocycles. The van der Waals surface area contributed by atoms with E-state index >= 15 is 0 Å². The molecule has 0 aromatic rings. The van der Waals surface area contributed by atoms with Crippen LogP contribution in [-0.2, 0) is 14.3 Å². The van der Waals surface area contributed by atoms with Crippen LogP contribution < -0.4 is 5.32 Å². The van der Waals surface area contributed by atoms with Crippen molar-refractivity contribution in [3.8, 4) is 0 Å². The number of rotatable bonds is 47. The van der Waals surface area contributed by atoms with E-state index in [9.17, 15) is 19.8 Å². The molecule has 0 spiro atoms. The van der Waals surface area contributed by atoms with Gasteiger partial charge in [0.25, 0.3) is 0 Å². The maximum Gasteiger partial charge on any atom is 0.306 e. The number of aliphatic hydroxyl groups is 2. The number of carbonyl (C=O) groups is 2. The van der Waals surface area contributed by atoms with Crippen molar-refractivity contribution in [2.75, 3.05) is 6.61 Å². The van der Waals surface area contributed by atoms with Crippen molar-refractivity contribution >= 4 is 11.9 Å². The summed E-state index contributed by atoms with van der Waals surface area (Å²) in [6, 6.07) is -0.696. The van der Waals surface area contributed by atoms with Crippen LogP contribution in [0.15, 0.2) is 12.2 Å². The summed E-state index contributed by atoms with van der Waals surface area (Å²) >= 11 is 0. The second-order valence-electron chi connectivity index (χ2n) is 17.9. The third-order valence-electron chi connectivity index (χ3n) is 12.1. The predicted molar refractivity (Wildman–Crippen MR) is 250 cm³/mol. The summed E-state index contributed by atoms with van der Waals surface area (Å²) in [5.74, 6) is -0.465. The van der Waals surface area contributed by atoms with Crippen molar-refractivity contribution in [2.45, 2.75) is 302 Å². The monoisotopic (exact) mass is 820 g/mol. The molecular formula is C52H101NO5. The van der Waals surface area contributed by atoms with Crippen molar-refractivity contribution in [2.24, 2.45) is 0 Å². The minimum absolute atomic E-state index is 0.0787. The first-order valence-corrected chi connectivity index (χ1v) is 25.9. The molecule has 6 heteroatoms. The van der Waals surface area contributed by atoms with Crippen molar-refractivity contribution < 1.29 is 24.5 Å². The molecule has 3 atom stereocenters. The van der Waals surface area contributed by atoms with Gasteiger partial charge in [-0.25, -0.2) is 0 Å². The number of hydrogen-bond donors (Lipinski definition) is 3. The molecule has 3 unspecified atom stereocenters. The predicted octanol–water partition coefficient (Wildman–Crippen LogP) is 15.3. The van der Waals surface area contributed by atoms with E-state index in [0.29, 0.717) is 19.3 Å². The fraction of sp³-hybridized carbons (Fsp3) is 0.923. The molecule has 0 bridgehead atoms. The fourth-order valence-corrected chi connectivity index (χ4v) is 8.13. The highest BCUT2D eigenvalue weighted by Gasteiger charge is 2.24. The fourth-order valence-electron chi connectivity index (χ4n) is 8.13. The number of carbonyl (C=O) groups excluding carboxylic acids is 2. The van der Waals surface area contributed by atoms with Gasteiger partial charge in [-0.05, 0) is 51.4 Å². The Morgan fingerprint density at radius 3 is 1.22 bits per heavy atom. The minimum Gasteiger partial charge on any atom is -0.462 e. The van der Waals surface area contributed by atoms with E-state index < -0.39 is 18.2 Å². The van der Waals surface area contributed by atoms with Gasteiger partial charge in [0.15, 0.2) is 0 Å². The lowest BCUT2D eigenvalue weighted by molar-refractivity contribution is -0.151. The normalized spacial score (nSPS) is 13.3. The Labute approximate surface area is 361 Å². The average molecular weight is 820 g/mol. The van der Waals surface area contributed by atoms with Crippen LogP contribution in [0.4, 0.5) is 0 Å². The Morgan fingerprint density at radius 1 is 0.483 bits per heavy atom. The maximum atomic E-state index is 13.2. The highest BCUT2D eigenvalue weighted by atomic mass is 16.5. The van der Waals surface area contributed by atoms with Crippen molar-refractivity contribution in [1.82, 2.24) is 5.32 Å². The lowest BCUT2D eigenvalue weighted by atomic mass is 10.0. The van der Waals surface area contributed by atoms with Crippen molar-refractivity contribution in [3.05, 3.63) is 12.2 Å². The Balaban J connectivity index is 4.56. The lowest BCUT2D eigenvalue weighted by Gasteiger charge is -2.24. The van der Waals surface area contributed by atoms with E-state index in [1.54, 1.807) is 0 Å². The third-order valence-corrected chi connectivity index (χ3v) is 12.1. The van der Waals surface area contributed by atoms with E-state index in [0.717, 1.165) is 57.8 Å². The zero-order valence-electron chi connectivity index (χ0n) is 39.2. The van der Waals surface area contributed by atoms with E-state index in [1.165, 1.54) is 180 Å². The highest BCUT2D eigenvalue weighted by Crippen LogP contribution is 2.18. The van der Waals surface area contributed by atoms with E-state index in [2.05, 4.69) is 38.2 Å². The molecule has 0 aromatic carbocycles. The zero-order chi connectivity index (χ0) is 42.4. The molecular weight excluding hydrogens is 719 g/mol. The Kier molecular flexibility index (Phi) is 45.5. The van der Waals surface area contributed by atoms with E-state index in [-0.39, 0.29) is 24.9 Å². The number of amides is 1. The van der Waals surface area contributed by atoms with Crippen LogP contribution in [0.3, 0.4) is 0 Å². The largest absolute Gasteiger partial charge is 0.462 e. The molecule has 0 radical (unpaired) electrons. The van der Waals surface area contributed by atoms with Gasteiger partial charge >= 0.3 is 5.97 Å². The zero-order valence-corrected chi connectivity index (χ0v) is 39.2. The first kappa shape index (κ1) is 56.6. The molecule has 6 nitrogen and oxygen atoms in total. The van der Waals surface area contributed by atoms with Gasteiger partial charge < -0.3 is 20.3 Å². The van der Waals surface area contributed by atoms with Crippen LogP contribution in [0.1, 0.15) is 284 Å². The van der Waals surface area contributed by atoms with Crippen LogP contribution in [0.25, 0.3) is 0 Å². The van der Waals surface area contributed by atoms with Crippen LogP contribution in [0.2, 0.25) is 0 Å². The Hall–Kier alpha value is -1.40. The van der Waals surface area contributed by atoms with Gasteiger partial charge in [0.1, 0.15) is 6.10 Å². The Morgan fingerprint density at radius 2 is 0.828 bits per heavy atom. The summed E-state index contributed by atoms with van der Waals surface area (Å²) in [7, 11) is 0. The number of ether oxygens (including phenoxy) is 1. The molecule has 3 N–H and O–H groups in total. The molecule has 58 heavy (non-hydrogen) atoms. The number of nitrogens with one attached hydrogen (secondary N) is 1. The van der Waals surface area contributed by atoms with Gasteiger partial charge in [0, 0.05) is 6.42 Å². The van der Waals surface area contributed by atoms with Gasteiger partial charge in [-0.2, -0.15) is 0 Å². The van der Waals surface area contributed by atoms with Crippen LogP contribution >= 0.6 is 0 Å². The number of aliphatic hydroxyl groups excluding tert-OH is 2. The second kappa shape index (κ2) is 46.7. The smallest absolute Gasteiger partial charge is 0.306 e. The first-order chi connectivity index (χ1) is 28.5. The Bertz CT molecular complexity index is 878. The third kappa shape index (κ3) is 41.3. The van der Waals surface area contributed by atoms with Crippen LogP contribution in [0, 0.1) is 0 Å². The van der Waals surface area contributed by atoms with Crippen LogP contribution in [0.5, 0.6) is 0 Å². The SMILES string of the molecule is CCCCCCCC/C=C/CCCCCCCC(CC(=O)NC(CO)C(O)CCCCCCCCCCCC)OC(=O)CCCCCCCCCCCCCCCC. The molecule has 1 amide bonds. The van der Waals surface area contributed by atoms with Crippen molar-refractivity contribution in [3.63, 3.8) is 0 Å². The molecule has 0 aliphatic rings. The molecule has 0 saturated heterocycles. The molecule has 0 aromatic heterocycles. The van der Waals surface area contributed by atoms with Gasteiger partial charge in [-0.15, -0.1) is 0 Å². The number of allylic oxidation sites excluding steroid dienone is 2. The number of esters is 1. The standard InChI is InChI=1S/C52H101NO5/c1-4-7-10-13-16-19-22-24-26-27-29-31-34-37-40-43-48(58-52(57)45-42-39-36-33-30-28-25-23-20-17-14-11-8-5-2)46-51(56)53-49(47-54)50(55)44-41-38-35-32-21-18-15-12-9-6-3/h24,26,48-50,54-55H,4-23,25,27-47H2,1-3H3,(H,53,56)/b26-24+. The summed E-state index contributed by atoms with van der Waals surface area (Å²) < 4.78 is 5.93. The lowest BCUT2D eigenvalue weighted by Crippen LogP contribution is -2.46. The van der Waals surface area contributed by atoms with Crippen LogP contribution in [-0.4, -0.2) is 46.9 Å². The summed E-state index contributed by atoms with van der Waals surface area (Å²) in [5, 5.41) is 23.7. The summed E-state index contributed by atoms with van der Waals surface area (Å²) in [5.41, 5.74) is 0. The molecule has 344 valence electrons. The first-order valence-electron chi connectivity index (χ1n) is 25.9. The maximum absolute atomic E-state index is 13.2. The number of hydrogen-bond acceptors (Lipinski definition) is 5. The average Bonchev–Trinajstić information content (AvgIpc) is 3.22. The summed E-state index contributed by atoms with van der Waals surface area (Å²) in [4.78, 5) is 26.1. The summed E-state index contributed by atoms with van der Waals surface area (Å²) in [6.45, 7) is 6.48. The quantitative estimate of drug-likeness (QED) is 0.0323. The van der Waals surface area contributed by atoms with Gasteiger partial charge in [0.05, 0.1) is 25.2 Å². The molecule has 0 rings (SSSR count). The molecule has 0 saturated carbocycles. The van der Waals surface area contributed by atoms with Gasteiger partial charge in [-0.1, -0.05) is 232 Å². The van der Waals surface area contributed by atoms with E-state index in [1.807, 2.05) is 0 Å². The second-order valence-corrected chi connectivity index (χ2v) is 17.9. The molecule has 0 fully saturated rings. The summed E-state index contributed by atoms with van der Waals surface area (Å²) in [6.07, 6.45) is 51.3. The van der Waals surface area contributed by atoms with Crippen molar-refractivity contribution in [1.29, 1.82) is 0 Å². The highest BCUT2D eigenvalue weighted by molar-refractivity contribution is 5.77. The van der Waals surface area contributed by atoms with Gasteiger partial charge in [0.2, 0.25) is 5.91 Å². The molecule has 0 aliphatic carbocycles. The number of unbranched alkanes of at least 4 members (excludes halogenated alkanes) is 33. The van der Waals surface area contributed by atoms with E-state index in [4.69, 9.17) is 4.74 Å². The topological polar surface area (TPSA) is 95.9 Å². The minimum atomic E-state index is -0.783. The van der Waals surface area contributed by atoms with Gasteiger partial charge in [-0.3, -0.25) is 9.59 Å². The molecule has 0 heterocycles.